The van der Waals surface area contributed by atoms with Crippen LogP contribution in [0.5, 0.6) is 0 Å². The van der Waals surface area contributed by atoms with E-state index in [9.17, 15) is 13.2 Å². The Kier molecular flexibility index (Phi) is 7.31. The quantitative estimate of drug-likeness (QED) is 0.697. The monoisotopic (exact) mass is 318 g/mol. The SMILES string of the molecule is COC[C@H]1O[C@H](OCC(F)(F)F)[C@H](OC)[C@@H](OC)[C@@H]1OC. The second kappa shape index (κ2) is 8.25. The molecule has 0 aromatic carbocycles. The highest BCUT2D eigenvalue weighted by Crippen LogP contribution is 2.29. The van der Waals surface area contributed by atoms with E-state index in [0.717, 1.165) is 0 Å². The smallest absolute Gasteiger partial charge is 0.382 e. The Balaban J connectivity index is 2.85. The molecule has 1 aliphatic heterocycles. The first-order valence-electron chi connectivity index (χ1n) is 6.29. The molecule has 1 fully saturated rings. The highest BCUT2D eigenvalue weighted by molar-refractivity contribution is 4.92. The molecule has 1 aliphatic rings. The highest BCUT2D eigenvalue weighted by atomic mass is 19.4. The van der Waals surface area contributed by atoms with Crippen LogP contribution in [-0.2, 0) is 28.4 Å². The van der Waals surface area contributed by atoms with Crippen LogP contribution < -0.4 is 0 Å². The van der Waals surface area contributed by atoms with Crippen molar-refractivity contribution < 1.29 is 41.6 Å². The number of halogens is 3. The first-order chi connectivity index (χ1) is 9.87. The molecule has 1 rings (SSSR count). The van der Waals surface area contributed by atoms with E-state index in [1.54, 1.807) is 0 Å². The second-order valence-electron chi connectivity index (χ2n) is 4.53. The van der Waals surface area contributed by atoms with Crippen molar-refractivity contribution in [3.63, 3.8) is 0 Å². The molecular weight excluding hydrogens is 297 g/mol. The average Bonchev–Trinajstić information content (AvgIpc) is 2.43. The Bertz CT molecular complexity index is 301. The van der Waals surface area contributed by atoms with Crippen molar-refractivity contribution in [1.29, 1.82) is 0 Å². The van der Waals surface area contributed by atoms with Gasteiger partial charge in [0.2, 0.25) is 0 Å². The summed E-state index contributed by atoms with van der Waals surface area (Å²) in [5, 5.41) is 0. The molecule has 0 saturated carbocycles. The van der Waals surface area contributed by atoms with Crippen LogP contribution in [0.25, 0.3) is 0 Å². The van der Waals surface area contributed by atoms with Crippen LogP contribution in [0.3, 0.4) is 0 Å². The second-order valence-corrected chi connectivity index (χ2v) is 4.53. The van der Waals surface area contributed by atoms with E-state index in [1.165, 1.54) is 28.4 Å². The van der Waals surface area contributed by atoms with Gasteiger partial charge in [-0.25, -0.2) is 0 Å². The first-order valence-corrected chi connectivity index (χ1v) is 6.29. The Labute approximate surface area is 121 Å². The van der Waals surface area contributed by atoms with Crippen LogP contribution in [0.15, 0.2) is 0 Å². The summed E-state index contributed by atoms with van der Waals surface area (Å²) in [5.41, 5.74) is 0. The van der Waals surface area contributed by atoms with Gasteiger partial charge in [0.25, 0.3) is 0 Å². The summed E-state index contributed by atoms with van der Waals surface area (Å²) < 4.78 is 67.9. The van der Waals surface area contributed by atoms with Crippen molar-refractivity contribution >= 4 is 0 Å². The van der Waals surface area contributed by atoms with E-state index in [0.29, 0.717) is 0 Å². The maximum Gasteiger partial charge on any atom is 0.411 e. The Morgan fingerprint density at radius 1 is 0.905 bits per heavy atom. The zero-order valence-electron chi connectivity index (χ0n) is 12.4. The molecule has 0 aromatic rings. The highest BCUT2D eigenvalue weighted by Gasteiger charge is 2.48. The molecule has 0 bridgehead atoms. The van der Waals surface area contributed by atoms with Gasteiger partial charge in [-0.15, -0.1) is 0 Å². The van der Waals surface area contributed by atoms with Crippen LogP contribution in [0.1, 0.15) is 0 Å². The van der Waals surface area contributed by atoms with Crippen molar-refractivity contribution in [2.24, 2.45) is 0 Å². The van der Waals surface area contributed by atoms with Crippen molar-refractivity contribution in [2.75, 3.05) is 41.7 Å². The fourth-order valence-electron chi connectivity index (χ4n) is 2.29. The number of methoxy groups -OCH3 is 4. The van der Waals surface area contributed by atoms with Gasteiger partial charge in [-0.2, -0.15) is 13.2 Å². The molecule has 21 heavy (non-hydrogen) atoms. The zero-order chi connectivity index (χ0) is 16.0. The molecule has 0 aromatic heterocycles. The van der Waals surface area contributed by atoms with Gasteiger partial charge >= 0.3 is 6.18 Å². The van der Waals surface area contributed by atoms with Gasteiger partial charge in [0.05, 0.1) is 6.61 Å². The predicted molar refractivity (Wildman–Crippen MR) is 64.9 cm³/mol. The molecule has 0 aliphatic carbocycles. The molecule has 0 unspecified atom stereocenters. The Morgan fingerprint density at radius 3 is 1.90 bits per heavy atom. The number of rotatable bonds is 7. The van der Waals surface area contributed by atoms with Gasteiger partial charge in [-0.3, -0.25) is 0 Å². The maximum atomic E-state index is 12.3. The molecule has 6 nitrogen and oxygen atoms in total. The minimum absolute atomic E-state index is 0.126. The maximum absolute atomic E-state index is 12.3. The van der Waals surface area contributed by atoms with Crippen LogP contribution in [-0.4, -0.2) is 78.5 Å². The molecule has 0 spiro atoms. The zero-order valence-corrected chi connectivity index (χ0v) is 12.4. The van der Waals surface area contributed by atoms with Gasteiger partial charge in [-0.05, 0) is 0 Å². The van der Waals surface area contributed by atoms with Crippen molar-refractivity contribution in [3.05, 3.63) is 0 Å². The molecule has 1 saturated heterocycles. The van der Waals surface area contributed by atoms with Gasteiger partial charge < -0.3 is 28.4 Å². The number of hydrogen-bond donors (Lipinski definition) is 0. The summed E-state index contributed by atoms with van der Waals surface area (Å²) in [6.07, 6.45) is -8.37. The summed E-state index contributed by atoms with van der Waals surface area (Å²) in [6, 6.07) is 0. The molecule has 5 atom stereocenters. The lowest BCUT2D eigenvalue weighted by Gasteiger charge is -2.44. The Morgan fingerprint density at radius 2 is 1.48 bits per heavy atom. The lowest BCUT2D eigenvalue weighted by molar-refractivity contribution is -0.329. The molecule has 126 valence electrons. The minimum atomic E-state index is -4.46. The fraction of sp³-hybridized carbons (Fsp3) is 1.00. The van der Waals surface area contributed by atoms with Gasteiger partial charge in [0, 0.05) is 28.4 Å². The molecule has 0 radical (unpaired) electrons. The van der Waals surface area contributed by atoms with Crippen LogP contribution in [0.2, 0.25) is 0 Å². The number of ether oxygens (including phenoxy) is 6. The summed E-state index contributed by atoms with van der Waals surface area (Å²) in [6.45, 7) is -1.31. The summed E-state index contributed by atoms with van der Waals surface area (Å²) in [4.78, 5) is 0. The van der Waals surface area contributed by atoms with E-state index in [4.69, 9.17) is 28.4 Å². The van der Waals surface area contributed by atoms with E-state index in [1.807, 2.05) is 0 Å². The lowest BCUT2D eigenvalue weighted by atomic mass is 9.98. The third-order valence-corrected chi connectivity index (χ3v) is 3.15. The predicted octanol–water partition coefficient (Wildman–Crippen LogP) is 0.982. The van der Waals surface area contributed by atoms with Crippen LogP contribution in [0.4, 0.5) is 13.2 Å². The topological polar surface area (TPSA) is 55.4 Å². The van der Waals surface area contributed by atoms with E-state index < -0.39 is 43.5 Å². The molecule has 0 amide bonds. The van der Waals surface area contributed by atoms with Gasteiger partial charge in [0.15, 0.2) is 6.29 Å². The molecule has 9 heteroatoms. The van der Waals surface area contributed by atoms with E-state index >= 15 is 0 Å². The average molecular weight is 318 g/mol. The van der Waals surface area contributed by atoms with Crippen LogP contribution in [0, 0.1) is 0 Å². The minimum Gasteiger partial charge on any atom is -0.382 e. The third-order valence-electron chi connectivity index (χ3n) is 3.15. The summed E-state index contributed by atoms with van der Waals surface area (Å²) in [5.74, 6) is 0. The van der Waals surface area contributed by atoms with Gasteiger partial charge in [-0.1, -0.05) is 0 Å². The van der Waals surface area contributed by atoms with Gasteiger partial charge in [0.1, 0.15) is 31.0 Å². The summed E-state index contributed by atoms with van der Waals surface area (Å²) >= 11 is 0. The fourth-order valence-corrected chi connectivity index (χ4v) is 2.29. The van der Waals surface area contributed by atoms with Crippen molar-refractivity contribution in [3.8, 4) is 0 Å². The summed E-state index contributed by atoms with van der Waals surface area (Å²) in [7, 11) is 5.66. The Hall–Kier alpha value is -0.450. The molecule has 0 N–H and O–H groups in total. The number of hydrogen-bond acceptors (Lipinski definition) is 6. The van der Waals surface area contributed by atoms with Crippen molar-refractivity contribution in [1.82, 2.24) is 0 Å². The lowest BCUT2D eigenvalue weighted by Crippen LogP contribution is -2.61. The molecular formula is C12H21F3O6. The first kappa shape index (κ1) is 18.6. The van der Waals surface area contributed by atoms with Crippen LogP contribution >= 0.6 is 0 Å². The normalized spacial score (nSPS) is 34.1. The standard InChI is InChI=1S/C12H21F3O6/c1-16-5-7-8(17-2)9(18-3)10(19-4)11(21-7)20-6-12(13,14)15/h7-11H,5-6H2,1-4H3/t7-,8-,9+,10-,11+/m1/s1. The number of alkyl halides is 3. The van der Waals surface area contributed by atoms with E-state index in [-0.39, 0.29) is 6.61 Å². The van der Waals surface area contributed by atoms with Crippen molar-refractivity contribution in [2.45, 2.75) is 36.9 Å². The molecule has 1 heterocycles. The largest absolute Gasteiger partial charge is 0.411 e. The third kappa shape index (κ3) is 5.04. The van der Waals surface area contributed by atoms with E-state index in [2.05, 4.69) is 0 Å².